The number of ether oxygens (including phenoxy) is 1. The van der Waals surface area contributed by atoms with Crippen molar-refractivity contribution in [2.75, 3.05) is 17.7 Å². The summed E-state index contributed by atoms with van der Waals surface area (Å²) in [7, 11) is 0. The van der Waals surface area contributed by atoms with Crippen molar-refractivity contribution in [3.05, 3.63) is 35.5 Å². The summed E-state index contributed by atoms with van der Waals surface area (Å²) in [5.41, 5.74) is 7.63. The summed E-state index contributed by atoms with van der Waals surface area (Å²) >= 11 is 0. The first kappa shape index (κ1) is 13.9. The Morgan fingerprint density at radius 1 is 1.45 bits per heavy atom. The maximum Gasteiger partial charge on any atom is 0.260 e. The predicted molar refractivity (Wildman–Crippen MR) is 77.9 cm³/mol. The molecule has 0 aliphatic rings. The molecular weight excluding hydrogens is 256 g/mol. The minimum Gasteiger partial charge on any atom is -0.491 e. The topological polar surface area (TPSA) is 93.0 Å². The molecule has 1 heterocycles. The van der Waals surface area contributed by atoms with Crippen molar-refractivity contribution in [2.45, 2.75) is 20.3 Å². The number of carbonyl (C=O) groups excluding carboxylic acids is 1. The zero-order valence-electron chi connectivity index (χ0n) is 11.6. The van der Waals surface area contributed by atoms with Crippen LogP contribution in [0.25, 0.3) is 0 Å². The van der Waals surface area contributed by atoms with E-state index in [2.05, 4.69) is 15.5 Å². The zero-order valence-corrected chi connectivity index (χ0v) is 11.6. The van der Waals surface area contributed by atoms with Crippen LogP contribution in [0.2, 0.25) is 0 Å². The van der Waals surface area contributed by atoms with Crippen LogP contribution in [-0.2, 0) is 6.42 Å². The lowest BCUT2D eigenvalue weighted by atomic mass is 10.1. The lowest BCUT2D eigenvalue weighted by Gasteiger charge is -2.11. The van der Waals surface area contributed by atoms with E-state index in [9.17, 15) is 4.79 Å². The molecule has 20 heavy (non-hydrogen) atoms. The summed E-state index contributed by atoms with van der Waals surface area (Å²) in [5, 5.41) is 9.59. The van der Waals surface area contributed by atoms with Crippen molar-refractivity contribution in [3.63, 3.8) is 0 Å². The minimum absolute atomic E-state index is 0.296. The second kappa shape index (κ2) is 6.10. The molecule has 4 N–H and O–H groups in total. The molecule has 2 rings (SSSR count). The number of hydrogen-bond donors (Lipinski definition) is 3. The van der Waals surface area contributed by atoms with Crippen LogP contribution in [-0.4, -0.2) is 22.7 Å². The molecule has 0 unspecified atom stereocenters. The molecule has 1 aromatic heterocycles. The number of para-hydroxylation sites is 1. The van der Waals surface area contributed by atoms with Gasteiger partial charge in [0.2, 0.25) is 0 Å². The third-order valence-electron chi connectivity index (χ3n) is 2.83. The van der Waals surface area contributed by atoms with Gasteiger partial charge < -0.3 is 15.8 Å². The Bertz CT molecular complexity index is 607. The first-order valence-corrected chi connectivity index (χ1v) is 6.52. The first-order chi connectivity index (χ1) is 9.65. The molecule has 1 aromatic carbocycles. The molecule has 0 saturated carbocycles. The average Bonchev–Trinajstić information content (AvgIpc) is 2.88. The molecular formula is C14H18N4O2. The van der Waals surface area contributed by atoms with E-state index >= 15 is 0 Å². The van der Waals surface area contributed by atoms with Crippen LogP contribution < -0.4 is 15.8 Å². The summed E-state index contributed by atoms with van der Waals surface area (Å²) in [6, 6.07) is 6.88. The largest absolute Gasteiger partial charge is 0.491 e. The van der Waals surface area contributed by atoms with Crippen LogP contribution in [0.3, 0.4) is 0 Å². The number of aromatic amines is 1. The van der Waals surface area contributed by atoms with Gasteiger partial charge in [0.1, 0.15) is 0 Å². The van der Waals surface area contributed by atoms with Gasteiger partial charge in [-0.3, -0.25) is 9.89 Å². The molecule has 0 radical (unpaired) electrons. The van der Waals surface area contributed by atoms with Gasteiger partial charge in [0.25, 0.3) is 5.91 Å². The van der Waals surface area contributed by atoms with Crippen LogP contribution in [0.5, 0.6) is 5.75 Å². The fraction of sp³-hybridized carbons (Fsp3) is 0.286. The molecule has 2 aromatic rings. The number of benzene rings is 1. The molecule has 0 spiro atoms. The van der Waals surface area contributed by atoms with Crippen molar-refractivity contribution in [3.8, 4) is 5.75 Å². The zero-order chi connectivity index (χ0) is 14.5. The van der Waals surface area contributed by atoms with Crippen LogP contribution in [0.1, 0.15) is 29.9 Å². The Labute approximate surface area is 117 Å². The standard InChI is InChI=1S/C14H18N4O2/c1-3-9-8-12(18-17-9)16-14(19)10-6-5-7-11(15)13(10)20-4-2/h5-8H,3-4,15H2,1-2H3,(H2,16,17,18,19). The molecule has 6 nitrogen and oxygen atoms in total. The summed E-state index contributed by atoms with van der Waals surface area (Å²) in [5.74, 6) is 0.588. The van der Waals surface area contributed by atoms with Gasteiger partial charge in [-0.15, -0.1) is 0 Å². The lowest BCUT2D eigenvalue weighted by molar-refractivity contribution is 0.102. The van der Waals surface area contributed by atoms with Crippen LogP contribution in [0.4, 0.5) is 11.5 Å². The number of nitrogen functional groups attached to an aromatic ring is 1. The molecule has 0 aliphatic carbocycles. The highest BCUT2D eigenvalue weighted by Gasteiger charge is 2.16. The quantitative estimate of drug-likeness (QED) is 0.729. The number of nitrogens with two attached hydrogens (primary N) is 1. The van der Waals surface area contributed by atoms with E-state index in [0.717, 1.165) is 12.1 Å². The van der Waals surface area contributed by atoms with Gasteiger partial charge >= 0.3 is 0 Å². The summed E-state index contributed by atoms with van der Waals surface area (Å²) in [6.07, 6.45) is 0.825. The lowest BCUT2D eigenvalue weighted by Crippen LogP contribution is -2.14. The maximum atomic E-state index is 12.3. The molecule has 6 heteroatoms. The highest BCUT2D eigenvalue weighted by Crippen LogP contribution is 2.27. The number of aromatic nitrogens is 2. The number of carbonyl (C=O) groups is 1. The normalized spacial score (nSPS) is 10.3. The molecule has 0 aliphatic heterocycles. The summed E-state index contributed by atoms with van der Waals surface area (Å²) in [4.78, 5) is 12.3. The van der Waals surface area contributed by atoms with Crippen molar-refractivity contribution in [1.29, 1.82) is 0 Å². The van der Waals surface area contributed by atoms with Gasteiger partial charge in [0, 0.05) is 11.8 Å². The third-order valence-corrected chi connectivity index (χ3v) is 2.83. The highest BCUT2D eigenvalue weighted by molar-refractivity contribution is 6.06. The number of rotatable bonds is 5. The average molecular weight is 274 g/mol. The molecule has 0 saturated heterocycles. The van der Waals surface area contributed by atoms with E-state index in [4.69, 9.17) is 10.5 Å². The molecule has 0 bridgehead atoms. The molecule has 0 fully saturated rings. The van der Waals surface area contributed by atoms with Gasteiger partial charge in [-0.2, -0.15) is 5.10 Å². The predicted octanol–water partition coefficient (Wildman–Crippen LogP) is 2.21. The number of amides is 1. The van der Waals surface area contributed by atoms with Crippen molar-refractivity contribution < 1.29 is 9.53 Å². The minimum atomic E-state index is -0.296. The number of H-pyrrole nitrogens is 1. The molecule has 106 valence electrons. The summed E-state index contributed by atoms with van der Waals surface area (Å²) in [6.45, 7) is 4.29. The number of anilines is 2. The Morgan fingerprint density at radius 2 is 2.25 bits per heavy atom. The van der Waals surface area contributed by atoms with Crippen LogP contribution >= 0.6 is 0 Å². The highest BCUT2D eigenvalue weighted by atomic mass is 16.5. The Kier molecular flexibility index (Phi) is 4.24. The fourth-order valence-corrected chi connectivity index (χ4v) is 1.83. The fourth-order valence-electron chi connectivity index (χ4n) is 1.83. The van der Waals surface area contributed by atoms with E-state index in [1.54, 1.807) is 24.3 Å². The van der Waals surface area contributed by atoms with E-state index < -0.39 is 0 Å². The smallest absolute Gasteiger partial charge is 0.260 e. The van der Waals surface area contributed by atoms with E-state index in [1.165, 1.54) is 0 Å². The third kappa shape index (κ3) is 2.90. The molecule has 1 amide bonds. The maximum absolute atomic E-state index is 12.3. The van der Waals surface area contributed by atoms with Crippen LogP contribution in [0, 0.1) is 0 Å². The van der Waals surface area contributed by atoms with Gasteiger partial charge in [-0.05, 0) is 25.5 Å². The number of nitrogens with zero attached hydrogens (tertiary/aromatic N) is 1. The Hall–Kier alpha value is -2.50. The Morgan fingerprint density at radius 3 is 2.90 bits per heavy atom. The van der Waals surface area contributed by atoms with Crippen molar-refractivity contribution in [2.24, 2.45) is 0 Å². The first-order valence-electron chi connectivity index (χ1n) is 6.52. The van der Waals surface area contributed by atoms with E-state index in [-0.39, 0.29) is 5.91 Å². The second-order valence-corrected chi connectivity index (χ2v) is 4.24. The molecule has 0 atom stereocenters. The Balaban J connectivity index is 2.22. The number of hydrogen-bond acceptors (Lipinski definition) is 4. The van der Waals surface area contributed by atoms with Crippen LogP contribution in [0.15, 0.2) is 24.3 Å². The van der Waals surface area contributed by atoms with E-state index in [1.807, 2.05) is 13.8 Å². The van der Waals surface area contributed by atoms with Crippen molar-refractivity contribution >= 4 is 17.4 Å². The SMILES string of the molecule is CCOc1c(N)cccc1C(=O)Nc1cc(CC)[nH]n1. The van der Waals surface area contributed by atoms with Gasteiger partial charge in [0.15, 0.2) is 11.6 Å². The van der Waals surface area contributed by atoms with Gasteiger partial charge in [-0.25, -0.2) is 0 Å². The monoisotopic (exact) mass is 274 g/mol. The van der Waals surface area contributed by atoms with Crippen molar-refractivity contribution in [1.82, 2.24) is 10.2 Å². The van der Waals surface area contributed by atoms with Gasteiger partial charge in [0.05, 0.1) is 17.9 Å². The second-order valence-electron chi connectivity index (χ2n) is 4.24. The number of aryl methyl sites for hydroxylation is 1. The van der Waals surface area contributed by atoms with Gasteiger partial charge in [-0.1, -0.05) is 13.0 Å². The van der Waals surface area contributed by atoms with E-state index in [0.29, 0.717) is 29.4 Å². The summed E-state index contributed by atoms with van der Waals surface area (Å²) < 4.78 is 5.44. The number of nitrogens with one attached hydrogen (secondary N) is 2.